The van der Waals surface area contributed by atoms with Crippen LogP contribution in [-0.2, 0) is 19.3 Å². The van der Waals surface area contributed by atoms with Crippen LogP contribution in [0.25, 0.3) is 0 Å². The summed E-state index contributed by atoms with van der Waals surface area (Å²) in [5.74, 6) is 1.11. The standard InChI is InChI=1S/C27H37N3.C8H14FN/c1-4-18(3)22-10-8-20(28)16-24(22)19-7-9-23-25(15-19)29-21(5-2)17-26(23)30-14-13-27(30)11-6-12-27;1-8-3-2-4-10(8)6-7(9)5-8/h8,10,16-19H,4-7,9,11-15,28H2,1-3H3;7H,2-6H2,1H3/t18-,19?;/m0./s1. The summed E-state index contributed by atoms with van der Waals surface area (Å²) >= 11 is 0. The van der Waals surface area contributed by atoms with E-state index in [4.69, 9.17) is 10.7 Å². The van der Waals surface area contributed by atoms with Gasteiger partial charge in [-0.1, -0.05) is 26.8 Å². The average Bonchev–Trinajstić information content (AvgIpc) is 3.39. The van der Waals surface area contributed by atoms with Crippen molar-refractivity contribution in [3.05, 3.63) is 52.3 Å². The molecule has 40 heavy (non-hydrogen) atoms. The van der Waals surface area contributed by atoms with Crippen LogP contribution >= 0.6 is 0 Å². The number of halogens is 1. The highest BCUT2D eigenvalue weighted by molar-refractivity contribution is 5.62. The molecule has 4 heterocycles. The van der Waals surface area contributed by atoms with Crippen LogP contribution in [0.5, 0.6) is 0 Å². The van der Waals surface area contributed by atoms with Crippen LogP contribution in [0.3, 0.4) is 0 Å². The van der Waals surface area contributed by atoms with Crippen LogP contribution < -0.4 is 10.6 Å². The number of rotatable bonds is 5. The van der Waals surface area contributed by atoms with E-state index >= 15 is 0 Å². The zero-order chi connectivity index (χ0) is 28.1. The van der Waals surface area contributed by atoms with Crippen molar-refractivity contribution in [3.8, 4) is 0 Å². The number of fused-ring (bicyclic) bond motifs is 2. The van der Waals surface area contributed by atoms with Gasteiger partial charge in [0.05, 0.1) is 0 Å². The molecule has 2 N–H and O–H groups in total. The minimum atomic E-state index is -0.551. The number of nitrogens with two attached hydrogens (primary N) is 1. The summed E-state index contributed by atoms with van der Waals surface area (Å²) in [7, 11) is 0. The first-order valence-corrected chi connectivity index (χ1v) is 16.3. The number of nitrogens with zero attached hydrogens (tertiary/aromatic N) is 3. The van der Waals surface area contributed by atoms with Gasteiger partial charge in [0.25, 0.3) is 0 Å². The normalized spacial score (nSPS) is 29.2. The predicted molar refractivity (Wildman–Crippen MR) is 165 cm³/mol. The highest BCUT2D eigenvalue weighted by Crippen LogP contribution is 2.51. The Balaban J connectivity index is 0.000000242. The number of benzene rings is 1. The molecule has 1 aromatic heterocycles. The zero-order valence-corrected chi connectivity index (χ0v) is 25.4. The maximum absolute atomic E-state index is 12.8. The van der Waals surface area contributed by atoms with E-state index in [0.717, 1.165) is 37.9 Å². The van der Waals surface area contributed by atoms with Crippen LogP contribution in [0, 0.1) is 0 Å². The van der Waals surface area contributed by atoms with E-state index in [1.807, 2.05) is 0 Å². The molecule has 3 saturated heterocycles. The number of anilines is 2. The van der Waals surface area contributed by atoms with Crippen LogP contribution in [0.4, 0.5) is 15.8 Å². The fraction of sp³-hybridized carbons (Fsp3) is 0.686. The Bertz CT molecular complexity index is 1220. The van der Waals surface area contributed by atoms with Gasteiger partial charge in [0.1, 0.15) is 6.17 Å². The topological polar surface area (TPSA) is 45.4 Å². The summed E-state index contributed by atoms with van der Waals surface area (Å²) < 4.78 is 12.8. The molecule has 1 spiro atoms. The summed E-state index contributed by atoms with van der Waals surface area (Å²) in [6, 6.07) is 9.02. The third-order valence-electron chi connectivity index (χ3n) is 11.4. The van der Waals surface area contributed by atoms with Crippen molar-refractivity contribution in [3.63, 3.8) is 0 Å². The molecule has 5 heteroatoms. The molecule has 3 unspecified atom stereocenters. The van der Waals surface area contributed by atoms with E-state index in [-0.39, 0.29) is 5.54 Å². The molecule has 0 radical (unpaired) electrons. The second-order valence-electron chi connectivity index (χ2n) is 13.9. The minimum absolute atomic E-state index is 0.236. The van der Waals surface area contributed by atoms with E-state index in [9.17, 15) is 4.39 Å². The van der Waals surface area contributed by atoms with E-state index in [1.54, 1.807) is 5.56 Å². The summed E-state index contributed by atoms with van der Waals surface area (Å²) in [5, 5.41) is 0. The second kappa shape index (κ2) is 10.9. The van der Waals surface area contributed by atoms with Crippen molar-refractivity contribution in [1.82, 2.24) is 9.88 Å². The Hall–Kier alpha value is -2.14. The molecule has 2 aromatic rings. The number of pyridine rings is 1. The van der Waals surface area contributed by atoms with Gasteiger partial charge in [-0.25, -0.2) is 4.39 Å². The fourth-order valence-electron chi connectivity index (χ4n) is 8.49. The van der Waals surface area contributed by atoms with E-state index < -0.39 is 6.17 Å². The van der Waals surface area contributed by atoms with Crippen molar-refractivity contribution in [1.29, 1.82) is 0 Å². The first-order chi connectivity index (χ1) is 19.2. The van der Waals surface area contributed by atoms with E-state index in [0.29, 0.717) is 23.9 Å². The Morgan fingerprint density at radius 2 is 1.93 bits per heavy atom. The molecule has 4 atom stereocenters. The maximum atomic E-state index is 12.8. The van der Waals surface area contributed by atoms with Gasteiger partial charge in [-0.15, -0.1) is 0 Å². The second-order valence-corrected chi connectivity index (χ2v) is 13.9. The number of hydrogen-bond acceptors (Lipinski definition) is 4. The molecule has 4 nitrogen and oxygen atoms in total. The quantitative estimate of drug-likeness (QED) is 0.390. The van der Waals surface area contributed by atoms with Crippen molar-refractivity contribution >= 4 is 11.4 Å². The number of aromatic nitrogens is 1. The molecule has 2 aliphatic carbocycles. The van der Waals surface area contributed by atoms with Crippen molar-refractivity contribution in [2.45, 2.75) is 134 Å². The molecule has 7 rings (SSSR count). The summed E-state index contributed by atoms with van der Waals surface area (Å²) in [4.78, 5) is 10.2. The van der Waals surface area contributed by atoms with Crippen LogP contribution in [0.15, 0.2) is 24.3 Å². The van der Waals surface area contributed by atoms with Gasteiger partial charge < -0.3 is 10.6 Å². The zero-order valence-electron chi connectivity index (χ0n) is 25.4. The van der Waals surface area contributed by atoms with Gasteiger partial charge >= 0.3 is 0 Å². The number of nitrogen functional groups attached to an aromatic ring is 1. The average molecular weight is 547 g/mol. The molecule has 0 amide bonds. The van der Waals surface area contributed by atoms with Crippen LogP contribution in [0.1, 0.15) is 125 Å². The molecule has 5 aliphatic rings. The Kier molecular flexibility index (Phi) is 7.65. The van der Waals surface area contributed by atoms with Gasteiger partial charge in [-0.05, 0) is 137 Å². The first kappa shape index (κ1) is 28.0. The lowest BCUT2D eigenvalue weighted by Gasteiger charge is -2.60. The number of alkyl halides is 1. The Morgan fingerprint density at radius 1 is 1.10 bits per heavy atom. The van der Waals surface area contributed by atoms with Crippen molar-refractivity contribution in [2.75, 3.05) is 30.3 Å². The molecular weight excluding hydrogens is 495 g/mol. The smallest absolute Gasteiger partial charge is 0.115 e. The molecular formula is C35H51FN4. The summed E-state index contributed by atoms with van der Waals surface area (Å²) in [5.41, 5.74) is 16.5. The van der Waals surface area contributed by atoms with Gasteiger partial charge in [0.15, 0.2) is 0 Å². The molecule has 1 saturated carbocycles. The Morgan fingerprint density at radius 3 is 2.58 bits per heavy atom. The first-order valence-electron chi connectivity index (χ1n) is 16.3. The third kappa shape index (κ3) is 4.95. The van der Waals surface area contributed by atoms with Crippen molar-refractivity contribution < 1.29 is 4.39 Å². The Labute approximate surface area is 241 Å². The summed E-state index contributed by atoms with van der Waals surface area (Å²) in [6.07, 6.45) is 13.8. The number of aryl methyl sites for hydroxylation is 1. The summed E-state index contributed by atoms with van der Waals surface area (Å²) in [6.45, 7) is 12.1. The molecule has 4 fully saturated rings. The lowest BCUT2D eigenvalue weighted by molar-refractivity contribution is 0.151. The van der Waals surface area contributed by atoms with E-state index in [1.165, 1.54) is 86.1 Å². The third-order valence-corrected chi connectivity index (χ3v) is 11.4. The number of hydrogen-bond donors (Lipinski definition) is 1. The highest BCUT2D eigenvalue weighted by Gasteiger charge is 2.50. The largest absolute Gasteiger partial charge is 0.399 e. The van der Waals surface area contributed by atoms with Gasteiger partial charge in [0, 0.05) is 46.9 Å². The monoisotopic (exact) mass is 546 g/mol. The SMILES string of the molecule is CC12CCCN1CC(F)C2.CCc1cc(N2CCC23CCC3)c2c(n1)CC(c1cc(N)ccc1[C@@H](C)CC)CC2. The fourth-order valence-corrected chi connectivity index (χ4v) is 8.49. The molecule has 0 bridgehead atoms. The van der Waals surface area contributed by atoms with Crippen molar-refractivity contribution in [2.24, 2.45) is 0 Å². The minimum Gasteiger partial charge on any atom is -0.399 e. The van der Waals surface area contributed by atoms with Gasteiger partial charge in [0.2, 0.25) is 0 Å². The van der Waals surface area contributed by atoms with E-state index in [2.05, 4.69) is 61.8 Å². The molecule has 1 aromatic carbocycles. The lowest BCUT2D eigenvalue weighted by Crippen LogP contribution is -2.64. The van der Waals surface area contributed by atoms with Crippen LogP contribution in [0.2, 0.25) is 0 Å². The predicted octanol–water partition coefficient (Wildman–Crippen LogP) is 7.73. The molecule has 218 valence electrons. The lowest BCUT2D eigenvalue weighted by atomic mass is 9.67. The van der Waals surface area contributed by atoms with Gasteiger partial charge in [-0.2, -0.15) is 0 Å². The maximum Gasteiger partial charge on any atom is 0.115 e. The molecule has 3 aliphatic heterocycles. The van der Waals surface area contributed by atoms with Crippen LogP contribution in [-0.4, -0.2) is 46.8 Å². The highest BCUT2D eigenvalue weighted by atomic mass is 19.1. The van der Waals surface area contributed by atoms with Gasteiger partial charge in [-0.3, -0.25) is 9.88 Å².